The molecule has 0 unspecified atom stereocenters. The molecule has 0 saturated heterocycles. The van der Waals surface area contributed by atoms with Gasteiger partial charge in [-0.25, -0.2) is 0 Å². The van der Waals surface area contributed by atoms with Crippen LogP contribution in [0.5, 0.6) is 0 Å². The van der Waals surface area contributed by atoms with E-state index in [1.54, 1.807) is 0 Å². The molecule has 2 nitrogen and oxygen atoms in total. The summed E-state index contributed by atoms with van der Waals surface area (Å²) in [5.41, 5.74) is 8.41. The minimum absolute atomic E-state index is 0.738. The summed E-state index contributed by atoms with van der Waals surface area (Å²) in [6.07, 6.45) is 1.51. The fourth-order valence-electron chi connectivity index (χ4n) is 0.846. The Morgan fingerprint density at radius 3 is 2.70 bits per heavy atom. The van der Waals surface area contributed by atoms with Crippen LogP contribution in [-0.4, -0.2) is 6.21 Å². The lowest BCUT2D eigenvalue weighted by molar-refractivity contribution is -0.104. The SMILES string of the molecule is Cc1ccc(C=[NH2+])c(N)c1. The van der Waals surface area contributed by atoms with Gasteiger partial charge in [0.25, 0.3) is 0 Å². The van der Waals surface area contributed by atoms with Gasteiger partial charge in [0, 0.05) is 5.69 Å². The second-order valence-corrected chi connectivity index (χ2v) is 2.30. The van der Waals surface area contributed by atoms with Crippen molar-refractivity contribution in [3.63, 3.8) is 0 Å². The molecule has 0 fully saturated rings. The van der Waals surface area contributed by atoms with Crippen molar-refractivity contribution in [1.29, 1.82) is 0 Å². The summed E-state index contributed by atoms with van der Waals surface area (Å²) in [7, 11) is 0. The molecule has 0 atom stereocenters. The lowest BCUT2D eigenvalue weighted by Gasteiger charge is -1.96. The molecule has 0 bridgehead atoms. The summed E-state index contributed by atoms with van der Waals surface area (Å²) in [6, 6.07) is 5.79. The molecule has 0 radical (unpaired) electrons. The van der Waals surface area contributed by atoms with Crippen molar-refractivity contribution in [1.82, 2.24) is 0 Å². The normalized spacial score (nSPS) is 9.30. The number of anilines is 1. The van der Waals surface area contributed by atoms with E-state index in [-0.39, 0.29) is 0 Å². The van der Waals surface area contributed by atoms with Crippen molar-refractivity contribution in [3.05, 3.63) is 29.3 Å². The summed E-state index contributed by atoms with van der Waals surface area (Å²) < 4.78 is 0. The molecule has 1 aromatic rings. The number of aryl methyl sites for hydroxylation is 1. The Labute approximate surface area is 60.2 Å². The zero-order chi connectivity index (χ0) is 7.56. The average molecular weight is 135 g/mol. The van der Waals surface area contributed by atoms with Crippen LogP contribution in [0.3, 0.4) is 0 Å². The lowest BCUT2D eigenvalue weighted by atomic mass is 10.1. The quantitative estimate of drug-likeness (QED) is 0.405. The number of rotatable bonds is 1. The topological polar surface area (TPSA) is 51.6 Å². The Kier molecular flexibility index (Phi) is 1.71. The van der Waals surface area contributed by atoms with Gasteiger partial charge in [-0.05, 0) is 24.6 Å². The predicted octanol–water partition coefficient (Wildman–Crippen LogP) is -0.245. The molecule has 0 aromatic heterocycles. The first-order valence-electron chi connectivity index (χ1n) is 3.15. The monoisotopic (exact) mass is 135 g/mol. The molecule has 1 aromatic carbocycles. The van der Waals surface area contributed by atoms with Crippen molar-refractivity contribution in [2.24, 2.45) is 0 Å². The van der Waals surface area contributed by atoms with Crippen LogP contribution in [0.15, 0.2) is 18.2 Å². The van der Waals surface area contributed by atoms with Gasteiger partial charge in [0.2, 0.25) is 0 Å². The molecule has 0 aliphatic carbocycles. The zero-order valence-corrected chi connectivity index (χ0v) is 5.96. The summed E-state index contributed by atoms with van der Waals surface area (Å²) >= 11 is 0. The summed E-state index contributed by atoms with van der Waals surface area (Å²) in [4.78, 5) is 0. The molecule has 0 amide bonds. The molecule has 0 heterocycles. The molecule has 0 spiro atoms. The highest BCUT2D eigenvalue weighted by molar-refractivity contribution is 5.83. The van der Waals surface area contributed by atoms with E-state index in [1.807, 2.05) is 25.1 Å². The number of hydrogen-bond acceptors (Lipinski definition) is 1. The molecule has 2 heteroatoms. The van der Waals surface area contributed by atoms with Crippen molar-refractivity contribution in [2.45, 2.75) is 6.92 Å². The third kappa shape index (κ3) is 1.16. The lowest BCUT2D eigenvalue weighted by Crippen LogP contribution is -2.30. The third-order valence-electron chi connectivity index (χ3n) is 1.42. The maximum absolute atomic E-state index is 5.62. The molecular weight excluding hydrogens is 124 g/mol. The van der Waals surface area contributed by atoms with Gasteiger partial charge in [-0.1, -0.05) is 6.07 Å². The Hall–Kier alpha value is -1.31. The second kappa shape index (κ2) is 2.52. The molecule has 1 rings (SSSR count). The van der Waals surface area contributed by atoms with Gasteiger partial charge in [0.1, 0.15) is 0 Å². The van der Waals surface area contributed by atoms with Gasteiger partial charge in [0.05, 0.1) is 5.56 Å². The van der Waals surface area contributed by atoms with Crippen molar-refractivity contribution < 1.29 is 5.41 Å². The Balaban J connectivity index is 3.19. The molecular formula is C8H11N2+. The number of nitrogen functional groups attached to an aromatic ring is 1. The highest BCUT2D eigenvalue weighted by atomic mass is 14.6. The summed E-state index contributed by atoms with van der Waals surface area (Å²) in [6.45, 7) is 2.00. The van der Waals surface area contributed by atoms with E-state index in [4.69, 9.17) is 11.1 Å². The molecule has 52 valence electrons. The van der Waals surface area contributed by atoms with Gasteiger partial charge < -0.3 is 5.73 Å². The predicted molar refractivity (Wildman–Crippen MR) is 42.7 cm³/mol. The van der Waals surface area contributed by atoms with E-state index in [2.05, 4.69) is 0 Å². The van der Waals surface area contributed by atoms with Gasteiger partial charge in [0.15, 0.2) is 6.21 Å². The molecule has 0 aliphatic rings. The Bertz CT molecular complexity index is 253. The Morgan fingerprint density at radius 1 is 1.50 bits per heavy atom. The van der Waals surface area contributed by atoms with Gasteiger partial charge in [-0.2, -0.15) is 0 Å². The molecule has 10 heavy (non-hydrogen) atoms. The van der Waals surface area contributed by atoms with E-state index in [1.165, 1.54) is 6.21 Å². The maximum atomic E-state index is 5.62. The van der Waals surface area contributed by atoms with Crippen molar-refractivity contribution in [3.8, 4) is 0 Å². The van der Waals surface area contributed by atoms with Crippen LogP contribution < -0.4 is 11.1 Å². The molecule has 0 aliphatic heterocycles. The van der Waals surface area contributed by atoms with Gasteiger partial charge in [-0.3, -0.25) is 5.41 Å². The van der Waals surface area contributed by atoms with Crippen molar-refractivity contribution >= 4 is 11.9 Å². The summed E-state index contributed by atoms with van der Waals surface area (Å²) in [5.74, 6) is 0. The van der Waals surface area contributed by atoms with E-state index >= 15 is 0 Å². The van der Waals surface area contributed by atoms with Crippen LogP contribution in [0.4, 0.5) is 5.69 Å². The minimum Gasteiger partial charge on any atom is -0.398 e. The zero-order valence-electron chi connectivity index (χ0n) is 5.96. The summed E-state index contributed by atoms with van der Waals surface area (Å²) in [5, 5.41) is 5.30. The van der Waals surface area contributed by atoms with E-state index in [9.17, 15) is 0 Å². The fourth-order valence-corrected chi connectivity index (χ4v) is 0.846. The van der Waals surface area contributed by atoms with E-state index < -0.39 is 0 Å². The average Bonchev–Trinajstić information content (AvgIpc) is 1.88. The number of nitrogens with two attached hydrogens (primary N) is 2. The highest BCUT2D eigenvalue weighted by Gasteiger charge is 1.95. The highest BCUT2D eigenvalue weighted by Crippen LogP contribution is 2.09. The maximum Gasteiger partial charge on any atom is 0.169 e. The van der Waals surface area contributed by atoms with Crippen LogP contribution in [0, 0.1) is 6.92 Å². The van der Waals surface area contributed by atoms with E-state index in [0.717, 1.165) is 16.8 Å². The van der Waals surface area contributed by atoms with Gasteiger partial charge in [-0.15, -0.1) is 0 Å². The van der Waals surface area contributed by atoms with Crippen LogP contribution in [0.25, 0.3) is 0 Å². The first kappa shape index (κ1) is 6.81. The standard InChI is InChI=1S/C8H10N2/c1-6-2-3-7(5-9)8(10)4-6/h2-5,9H,10H2,1H3/p+1. The smallest absolute Gasteiger partial charge is 0.169 e. The third-order valence-corrected chi connectivity index (χ3v) is 1.42. The second-order valence-electron chi connectivity index (χ2n) is 2.30. The van der Waals surface area contributed by atoms with E-state index in [0.29, 0.717) is 0 Å². The largest absolute Gasteiger partial charge is 0.398 e. The minimum atomic E-state index is 0.738. The van der Waals surface area contributed by atoms with Gasteiger partial charge >= 0.3 is 0 Å². The van der Waals surface area contributed by atoms with Crippen LogP contribution >= 0.6 is 0 Å². The Morgan fingerprint density at radius 2 is 2.20 bits per heavy atom. The molecule has 0 saturated carbocycles. The number of hydrogen-bond donors (Lipinski definition) is 2. The van der Waals surface area contributed by atoms with Crippen LogP contribution in [-0.2, 0) is 0 Å². The number of benzene rings is 1. The van der Waals surface area contributed by atoms with Crippen LogP contribution in [0.2, 0.25) is 0 Å². The van der Waals surface area contributed by atoms with Crippen molar-refractivity contribution in [2.75, 3.05) is 5.73 Å². The first-order chi connectivity index (χ1) is 4.74. The fraction of sp³-hybridized carbons (Fsp3) is 0.125. The van der Waals surface area contributed by atoms with Crippen LogP contribution in [0.1, 0.15) is 11.1 Å². The first-order valence-corrected chi connectivity index (χ1v) is 3.15. The molecule has 4 N–H and O–H groups in total.